The van der Waals surface area contributed by atoms with Crippen molar-refractivity contribution in [3.63, 3.8) is 0 Å². The molecule has 4 aromatic rings. The molecule has 3 aromatic heterocycles. The third kappa shape index (κ3) is 2.84. The minimum Gasteiger partial charge on any atom is -0.491 e. The number of hydrogen-bond acceptors (Lipinski definition) is 5. The van der Waals surface area contributed by atoms with E-state index in [2.05, 4.69) is 10.1 Å². The summed E-state index contributed by atoms with van der Waals surface area (Å²) in [5.41, 5.74) is 3.55. The smallest absolute Gasteiger partial charge is 0.293 e. The van der Waals surface area contributed by atoms with E-state index >= 15 is 0 Å². The lowest BCUT2D eigenvalue weighted by atomic mass is 10.1. The summed E-state index contributed by atoms with van der Waals surface area (Å²) >= 11 is 6.28. The molecule has 0 bridgehead atoms. The summed E-state index contributed by atoms with van der Waals surface area (Å²) in [6, 6.07) is 9.08. The molecule has 1 aliphatic rings. The highest BCUT2D eigenvalue weighted by atomic mass is 35.5. The Hall–Kier alpha value is -3.39. The van der Waals surface area contributed by atoms with Crippen molar-refractivity contribution in [1.82, 2.24) is 28.9 Å². The average Bonchev–Trinajstić information content (AvgIpc) is 3.24. The highest BCUT2D eigenvalue weighted by Gasteiger charge is 2.24. The Kier molecular flexibility index (Phi) is 4.02. The van der Waals surface area contributed by atoms with Gasteiger partial charge in [0.2, 0.25) is 0 Å². The average molecular weight is 409 g/mol. The standard InChI is InChI=1S/C20H17ClN6O2/c1-12-16-9-27-19(14-8-13(21)5-6-15(14)26(16)11-22-12)23-18(24-27)10-25-7-3-4-17(29-2)20(25)28/h3-8,11H,9-10H2,1-2H3. The highest BCUT2D eigenvalue weighted by Crippen LogP contribution is 2.33. The zero-order valence-electron chi connectivity index (χ0n) is 15.8. The van der Waals surface area contributed by atoms with Crippen molar-refractivity contribution in [2.75, 3.05) is 7.11 Å². The van der Waals surface area contributed by atoms with Crippen LogP contribution < -0.4 is 10.3 Å². The lowest BCUT2D eigenvalue weighted by molar-refractivity contribution is 0.403. The van der Waals surface area contributed by atoms with Gasteiger partial charge in [0.15, 0.2) is 17.4 Å². The number of aryl methyl sites for hydroxylation is 1. The van der Waals surface area contributed by atoms with Crippen molar-refractivity contribution in [3.05, 3.63) is 75.4 Å². The number of aromatic nitrogens is 6. The van der Waals surface area contributed by atoms with E-state index in [1.54, 1.807) is 24.7 Å². The number of halogens is 1. The molecule has 0 fully saturated rings. The number of pyridine rings is 1. The van der Waals surface area contributed by atoms with Crippen LogP contribution in [-0.4, -0.2) is 36.0 Å². The van der Waals surface area contributed by atoms with Crippen LogP contribution in [-0.2, 0) is 13.1 Å². The Labute approximate surface area is 171 Å². The van der Waals surface area contributed by atoms with Gasteiger partial charge in [-0.1, -0.05) is 11.6 Å². The quantitative estimate of drug-likeness (QED) is 0.458. The molecule has 4 heterocycles. The van der Waals surface area contributed by atoms with Crippen LogP contribution >= 0.6 is 11.6 Å². The molecule has 0 spiro atoms. The van der Waals surface area contributed by atoms with E-state index in [9.17, 15) is 4.79 Å². The minimum absolute atomic E-state index is 0.225. The number of imidazole rings is 1. The highest BCUT2D eigenvalue weighted by molar-refractivity contribution is 6.31. The van der Waals surface area contributed by atoms with Crippen LogP contribution in [0.1, 0.15) is 17.2 Å². The molecule has 0 saturated heterocycles. The van der Waals surface area contributed by atoms with Gasteiger partial charge in [0.1, 0.15) is 0 Å². The number of hydrogen-bond donors (Lipinski definition) is 0. The Morgan fingerprint density at radius 2 is 2.14 bits per heavy atom. The van der Waals surface area contributed by atoms with Gasteiger partial charge in [0.25, 0.3) is 5.56 Å². The zero-order valence-corrected chi connectivity index (χ0v) is 16.6. The Morgan fingerprint density at radius 1 is 1.28 bits per heavy atom. The third-order valence-corrected chi connectivity index (χ3v) is 5.30. The summed E-state index contributed by atoms with van der Waals surface area (Å²) < 4.78 is 10.5. The van der Waals surface area contributed by atoms with Crippen molar-refractivity contribution in [1.29, 1.82) is 0 Å². The predicted octanol–water partition coefficient (Wildman–Crippen LogP) is 2.67. The molecular weight excluding hydrogens is 392 g/mol. The maximum Gasteiger partial charge on any atom is 0.293 e. The first-order valence-electron chi connectivity index (χ1n) is 9.05. The van der Waals surface area contributed by atoms with Crippen molar-refractivity contribution < 1.29 is 4.74 Å². The summed E-state index contributed by atoms with van der Waals surface area (Å²) in [7, 11) is 1.48. The molecule has 0 aliphatic carbocycles. The number of nitrogens with zero attached hydrogens (tertiary/aromatic N) is 6. The Bertz CT molecular complexity index is 1300. The fourth-order valence-corrected chi connectivity index (χ4v) is 3.79. The van der Waals surface area contributed by atoms with Gasteiger partial charge in [-0.3, -0.25) is 4.79 Å². The first-order chi connectivity index (χ1) is 14.0. The predicted molar refractivity (Wildman–Crippen MR) is 108 cm³/mol. The van der Waals surface area contributed by atoms with E-state index in [1.807, 2.05) is 34.4 Å². The number of benzene rings is 1. The monoisotopic (exact) mass is 408 g/mol. The van der Waals surface area contributed by atoms with Gasteiger partial charge < -0.3 is 13.9 Å². The molecule has 0 N–H and O–H groups in total. The largest absolute Gasteiger partial charge is 0.491 e. The molecule has 0 saturated carbocycles. The van der Waals surface area contributed by atoms with Crippen LogP contribution in [0.5, 0.6) is 5.75 Å². The number of methoxy groups -OCH3 is 1. The van der Waals surface area contributed by atoms with Crippen molar-refractivity contribution >= 4 is 11.6 Å². The topological polar surface area (TPSA) is 79.8 Å². The van der Waals surface area contributed by atoms with Gasteiger partial charge in [0, 0.05) is 16.8 Å². The second kappa shape index (κ2) is 6.59. The second-order valence-electron chi connectivity index (χ2n) is 6.83. The fourth-order valence-electron chi connectivity index (χ4n) is 3.61. The molecule has 8 nitrogen and oxygen atoms in total. The van der Waals surface area contributed by atoms with E-state index in [0.29, 0.717) is 23.2 Å². The molecule has 1 aliphatic heterocycles. The lowest BCUT2D eigenvalue weighted by Crippen LogP contribution is -2.21. The van der Waals surface area contributed by atoms with E-state index in [1.165, 1.54) is 11.7 Å². The van der Waals surface area contributed by atoms with Crippen LogP contribution in [0.2, 0.25) is 5.02 Å². The Morgan fingerprint density at radius 3 is 2.97 bits per heavy atom. The van der Waals surface area contributed by atoms with Crippen LogP contribution in [0.4, 0.5) is 0 Å². The van der Waals surface area contributed by atoms with Gasteiger partial charge in [0.05, 0.1) is 43.6 Å². The summed E-state index contributed by atoms with van der Waals surface area (Å²) in [6.07, 6.45) is 3.50. The Balaban J connectivity index is 1.64. The molecule has 0 amide bonds. The van der Waals surface area contributed by atoms with Crippen molar-refractivity contribution in [3.8, 4) is 22.8 Å². The molecule has 5 rings (SSSR count). The lowest BCUT2D eigenvalue weighted by Gasteiger charge is -2.09. The molecule has 9 heteroatoms. The van der Waals surface area contributed by atoms with Gasteiger partial charge in [-0.15, -0.1) is 0 Å². The maximum absolute atomic E-state index is 12.5. The van der Waals surface area contributed by atoms with Crippen LogP contribution in [0, 0.1) is 6.92 Å². The summed E-state index contributed by atoms with van der Waals surface area (Å²) in [5.74, 6) is 1.52. The van der Waals surface area contributed by atoms with Crippen LogP contribution in [0.3, 0.4) is 0 Å². The summed E-state index contributed by atoms with van der Waals surface area (Å²) in [5, 5.41) is 5.29. The maximum atomic E-state index is 12.5. The van der Waals surface area contributed by atoms with E-state index in [-0.39, 0.29) is 17.9 Å². The van der Waals surface area contributed by atoms with Gasteiger partial charge in [-0.25, -0.2) is 14.6 Å². The second-order valence-corrected chi connectivity index (χ2v) is 7.26. The van der Waals surface area contributed by atoms with Gasteiger partial charge in [-0.2, -0.15) is 5.10 Å². The van der Waals surface area contributed by atoms with E-state index < -0.39 is 0 Å². The number of rotatable bonds is 3. The molecule has 146 valence electrons. The first-order valence-corrected chi connectivity index (χ1v) is 9.43. The summed E-state index contributed by atoms with van der Waals surface area (Å²) in [6.45, 7) is 2.73. The number of fused-ring (bicyclic) bond motifs is 5. The normalized spacial score (nSPS) is 12.1. The molecule has 29 heavy (non-hydrogen) atoms. The van der Waals surface area contributed by atoms with Gasteiger partial charge >= 0.3 is 0 Å². The minimum atomic E-state index is -0.225. The van der Waals surface area contributed by atoms with Crippen LogP contribution in [0.25, 0.3) is 17.1 Å². The molecular formula is C20H17ClN6O2. The van der Waals surface area contributed by atoms with E-state index in [4.69, 9.17) is 21.3 Å². The van der Waals surface area contributed by atoms with Gasteiger partial charge in [-0.05, 0) is 37.3 Å². The van der Waals surface area contributed by atoms with E-state index in [0.717, 1.165) is 22.6 Å². The molecule has 1 aromatic carbocycles. The first kappa shape index (κ1) is 17.7. The summed E-state index contributed by atoms with van der Waals surface area (Å²) in [4.78, 5) is 21.7. The van der Waals surface area contributed by atoms with Crippen molar-refractivity contribution in [2.45, 2.75) is 20.0 Å². The molecule has 0 unspecified atom stereocenters. The number of ether oxygens (including phenoxy) is 1. The SMILES string of the molecule is COc1cccn(Cc2nc3n(n2)Cc2c(C)ncn2-c2ccc(Cl)cc2-3)c1=O. The third-order valence-electron chi connectivity index (χ3n) is 5.07. The fraction of sp³-hybridized carbons (Fsp3) is 0.200. The zero-order chi connectivity index (χ0) is 20.1. The van der Waals surface area contributed by atoms with Crippen molar-refractivity contribution in [2.24, 2.45) is 0 Å². The molecule has 0 radical (unpaired) electrons. The molecule has 0 atom stereocenters. The van der Waals surface area contributed by atoms with Crippen LogP contribution in [0.15, 0.2) is 47.7 Å².